The molecule has 0 radical (unpaired) electrons. The zero-order valence-electron chi connectivity index (χ0n) is 10.1. The van der Waals surface area contributed by atoms with Crippen molar-refractivity contribution in [1.29, 1.82) is 0 Å². The van der Waals surface area contributed by atoms with Crippen LogP contribution in [0.15, 0.2) is 23.0 Å². The van der Waals surface area contributed by atoms with E-state index in [4.69, 9.17) is 9.52 Å². The zero-order valence-corrected chi connectivity index (χ0v) is 10.1. The molecule has 1 N–H and O–H groups in total. The van der Waals surface area contributed by atoms with E-state index in [1.807, 2.05) is 24.9 Å². The average molecular weight is 225 g/mol. The van der Waals surface area contributed by atoms with Crippen molar-refractivity contribution in [2.24, 2.45) is 5.41 Å². The Labute approximate surface area is 95.9 Å². The highest BCUT2D eigenvalue weighted by Gasteiger charge is 2.32. The van der Waals surface area contributed by atoms with Crippen LogP contribution in [0, 0.1) is 5.41 Å². The van der Waals surface area contributed by atoms with E-state index in [1.54, 1.807) is 19.5 Å². The Bertz CT molecular complexity index is 334. The number of carboxylic acid groups (broad SMARTS) is 1. The minimum atomic E-state index is -0.742. The quantitative estimate of drug-likeness (QED) is 0.806. The van der Waals surface area contributed by atoms with Crippen molar-refractivity contribution in [2.75, 3.05) is 13.6 Å². The second-order valence-corrected chi connectivity index (χ2v) is 4.52. The Morgan fingerprint density at radius 3 is 2.75 bits per heavy atom. The molecule has 0 amide bonds. The van der Waals surface area contributed by atoms with Crippen molar-refractivity contribution >= 4 is 5.97 Å². The Morgan fingerprint density at radius 1 is 1.62 bits per heavy atom. The van der Waals surface area contributed by atoms with Gasteiger partial charge in [-0.05, 0) is 26.5 Å². The molecule has 0 saturated carbocycles. The smallest absolute Gasteiger partial charge is 0.310 e. The minimum absolute atomic E-state index is 0.532. The monoisotopic (exact) mass is 225 g/mol. The van der Waals surface area contributed by atoms with Crippen LogP contribution in [0.3, 0.4) is 0 Å². The number of nitrogens with zero attached hydrogens (tertiary/aromatic N) is 1. The number of carbonyl (C=O) groups is 1. The van der Waals surface area contributed by atoms with Gasteiger partial charge in [0.15, 0.2) is 0 Å². The lowest BCUT2D eigenvalue weighted by Gasteiger charge is -2.28. The highest BCUT2D eigenvalue weighted by molar-refractivity contribution is 5.74. The highest BCUT2D eigenvalue weighted by Crippen LogP contribution is 2.23. The van der Waals surface area contributed by atoms with E-state index in [-0.39, 0.29) is 0 Å². The van der Waals surface area contributed by atoms with Crippen LogP contribution in [0.1, 0.15) is 25.8 Å². The summed E-state index contributed by atoms with van der Waals surface area (Å²) in [4.78, 5) is 13.1. The van der Waals surface area contributed by atoms with Crippen LogP contribution in [-0.4, -0.2) is 29.6 Å². The minimum Gasteiger partial charge on any atom is -0.481 e. The largest absolute Gasteiger partial charge is 0.481 e. The Hall–Kier alpha value is -1.29. The third-order valence-electron chi connectivity index (χ3n) is 2.95. The van der Waals surface area contributed by atoms with Gasteiger partial charge in [0.25, 0.3) is 0 Å². The van der Waals surface area contributed by atoms with Crippen LogP contribution in [0.2, 0.25) is 0 Å². The van der Waals surface area contributed by atoms with Gasteiger partial charge in [0.1, 0.15) is 0 Å². The van der Waals surface area contributed by atoms with Crippen LogP contribution in [0.4, 0.5) is 0 Å². The van der Waals surface area contributed by atoms with E-state index in [0.717, 1.165) is 5.56 Å². The average Bonchev–Trinajstić information content (AvgIpc) is 2.69. The first-order chi connectivity index (χ1) is 7.48. The molecule has 1 unspecified atom stereocenters. The van der Waals surface area contributed by atoms with Gasteiger partial charge in [0.2, 0.25) is 0 Å². The maximum Gasteiger partial charge on any atom is 0.310 e. The lowest BCUT2D eigenvalue weighted by Crippen LogP contribution is -2.38. The molecule has 1 aromatic rings. The fraction of sp³-hybridized carbons (Fsp3) is 0.583. The van der Waals surface area contributed by atoms with Gasteiger partial charge in [-0.3, -0.25) is 4.79 Å². The lowest BCUT2D eigenvalue weighted by atomic mass is 9.87. The lowest BCUT2D eigenvalue weighted by molar-refractivity contribution is -0.149. The Kier molecular flexibility index (Phi) is 4.12. The van der Waals surface area contributed by atoms with Gasteiger partial charge in [0, 0.05) is 18.7 Å². The third-order valence-corrected chi connectivity index (χ3v) is 2.95. The fourth-order valence-electron chi connectivity index (χ4n) is 1.68. The number of carboxylic acids is 1. The predicted molar refractivity (Wildman–Crippen MR) is 61.1 cm³/mol. The molecule has 90 valence electrons. The molecule has 1 rings (SSSR count). The van der Waals surface area contributed by atoms with Crippen LogP contribution < -0.4 is 0 Å². The molecule has 4 nitrogen and oxygen atoms in total. The highest BCUT2D eigenvalue weighted by atomic mass is 16.4. The third kappa shape index (κ3) is 3.10. The number of aliphatic carboxylic acids is 1. The Balaban J connectivity index is 2.56. The van der Waals surface area contributed by atoms with Crippen molar-refractivity contribution in [3.8, 4) is 0 Å². The standard InChI is InChI=1S/C12H19NO3/c1-4-12(2,11(14)15)9-13(3)7-10-5-6-16-8-10/h5-6,8H,4,7,9H2,1-3H3,(H,14,15). The van der Waals surface area contributed by atoms with Crippen LogP contribution in [0.25, 0.3) is 0 Å². The van der Waals surface area contributed by atoms with Gasteiger partial charge in [-0.1, -0.05) is 6.92 Å². The summed E-state index contributed by atoms with van der Waals surface area (Å²) in [5, 5.41) is 9.16. The van der Waals surface area contributed by atoms with E-state index in [9.17, 15) is 4.79 Å². The molecule has 16 heavy (non-hydrogen) atoms. The summed E-state index contributed by atoms with van der Waals surface area (Å²) in [5.41, 5.74) is 0.379. The summed E-state index contributed by atoms with van der Waals surface area (Å²) in [6.45, 7) is 4.92. The van der Waals surface area contributed by atoms with Crippen molar-refractivity contribution in [1.82, 2.24) is 4.90 Å². The van der Waals surface area contributed by atoms with E-state index >= 15 is 0 Å². The summed E-state index contributed by atoms with van der Waals surface area (Å²) < 4.78 is 4.98. The summed E-state index contributed by atoms with van der Waals surface area (Å²) in [5.74, 6) is -0.742. The van der Waals surface area contributed by atoms with Gasteiger partial charge in [-0.25, -0.2) is 0 Å². The van der Waals surface area contributed by atoms with E-state index in [1.165, 1.54) is 0 Å². The SMILES string of the molecule is CCC(C)(CN(C)Cc1ccoc1)C(=O)O. The molecule has 0 aliphatic carbocycles. The van der Waals surface area contributed by atoms with Crippen molar-refractivity contribution < 1.29 is 14.3 Å². The van der Waals surface area contributed by atoms with Gasteiger partial charge in [0.05, 0.1) is 17.9 Å². The fourth-order valence-corrected chi connectivity index (χ4v) is 1.68. The molecule has 1 atom stereocenters. The molecule has 4 heteroatoms. The van der Waals surface area contributed by atoms with Crippen molar-refractivity contribution in [3.05, 3.63) is 24.2 Å². The number of rotatable bonds is 6. The summed E-state index contributed by atoms with van der Waals surface area (Å²) in [6, 6.07) is 1.89. The second kappa shape index (κ2) is 5.16. The van der Waals surface area contributed by atoms with Gasteiger partial charge in [-0.2, -0.15) is 0 Å². The van der Waals surface area contributed by atoms with Gasteiger partial charge >= 0.3 is 5.97 Å². The molecule has 0 aromatic carbocycles. The Morgan fingerprint density at radius 2 is 2.31 bits per heavy atom. The van der Waals surface area contributed by atoms with Crippen LogP contribution >= 0.6 is 0 Å². The molecular formula is C12H19NO3. The first-order valence-electron chi connectivity index (χ1n) is 5.41. The summed E-state index contributed by atoms with van der Waals surface area (Å²) >= 11 is 0. The molecule has 0 bridgehead atoms. The zero-order chi connectivity index (χ0) is 12.2. The molecule has 1 aromatic heterocycles. The number of hydrogen-bond acceptors (Lipinski definition) is 3. The first kappa shape index (κ1) is 12.8. The van der Waals surface area contributed by atoms with Crippen molar-refractivity contribution in [2.45, 2.75) is 26.8 Å². The first-order valence-corrected chi connectivity index (χ1v) is 5.41. The van der Waals surface area contributed by atoms with Gasteiger partial charge in [-0.15, -0.1) is 0 Å². The molecule has 0 fully saturated rings. The summed E-state index contributed by atoms with van der Waals surface area (Å²) in [6.07, 6.45) is 3.93. The van der Waals surface area contributed by atoms with E-state index in [0.29, 0.717) is 19.5 Å². The maximum absolute atomic E-state index is 11.1. The molecule has 0 spiro atoms. The van der Waals surface area contributed by atoms with E-state index in [2.05, 4.69) is 0 Å². The second-order valence-electron chi connectivity index (χ2n) is 4.52. The van der Waals surface area contributed by atoms with E-state index < -0.39 is 11.4 Å². The van der Waals surface area contributed by atoms with Gasteiger partial charge < -0.3 is 14.4 Å². The van der Waals surface area contributed by atoms with Crippen LogP contribution in [0.5, 0.6) is 0 Å². The topological polar surface area (TPSA) is 53.7 Å². The maximum atomic E-state index is 11.1. The molecule has 0 saturated heterocycles. The summed E-state index contributed by atoms with van der Waals surface area (Å²) in [7, 11) is 1.92. The van der Waals surface area contributed by atoms with Crippen LogP contribution in [-0.2, 0) is 11.3 Å². The predicted octanol–water partition coefficient (Wildman–Crippen LogP) is 2.21. The van der Waals surface area contributed by atoms with Crippen molar-refractivity contribution in [3.63, 3.8) is 0 Å². The molecule has 0 aliphatic heterocycles. The normalized spacial score (nSPS) is 15.0. The number of furan rings is 1. The molecule has 1 heterocycles. The molecular weight excluding hydrogens is 206 g/mol. The molecule has 0 aliphatic rings. The number of hydrogen-bond donors (Lipinski definition) is 1.